The van der Waals surface area contributed by atoms with E-state index >= 15 is 0 Å². The summed E-state index contributed by atoms with van der Waals surface area (Å²) in [6.45, 7) is 3.93. The van der Waals surface area contributed by atoms with Gasteiger partial charge in [0.1, 0.15) is 5.82 Å². The van der Waals surface area contributed by atoms with Crippen molar-refractivity contribution in [2.75, 3.05) is 0 Å². The molecule has 0 amide bonds. The van der Waals surface area contributed by atoms with E-state index in [-0.39, 0.29) is 17.8 Å². The molecule has 1 aromatic heterocycles. The molecule has 0 aliphatic carbocycles. The number of nitrogens with zero attached hydrogens (tertiary/aromatic N) is 2. The molecule has 2 rings (SSSR count). The number of benzene rings is 1. The molecule has 102 valence electrons. The molecule has 2 atom stereocenters. The summed E-state index contributed by atoms with van der Waals surface area (Å²) in [4.78, 5) is 4.35. The molecule has 0 aliphatic heterocycles. The Labute approximate surface area is 119 Å². The Morgan fingerprint density at radius 1 is 1.47 bits per heavy atom. The van der Waals surface area contributed by atoms with E-state index in [2.05, 4.69) is 26.1 Å². The summed E-state index contributed by atoms with van der Waals surface area (Å²) >= 11 is 3.29. The first-order chi connectivity index (χ1) is 9.02. The van der Waals surface area contributed by atoms with Gasteiger partial charge in [-0.15, -0.1) is 0 Å². The van der Waals surface area contributed by atoms with Gasteiger partial charge in [0.2, 0.25) is 11.7 Å². The van der Waals surface area contributed by atoms with Crippen LogP contribution in [0.15, 0.2) is 27.2 Å². The molecule has 0 saturated heterocycles. The summed E-state index contributed by atoms with van der Waals surface area (Å²) in [6.07, 6.45) is 0.823. The van der Waals surface area contributed by atoms with Crippen LogP contribution in [0.2, 0.25) is 0 Å². The Morgan fingerprint density at radius 2 is 2.21 bits per heavy atom. The monoisotopic (exact) mass is 327 g/mol. The molecule has 2 N–H and O–H groups in total. The molecular formula is C13H15BrFN3O. The first kappa shape index (κ1) is 14.1. The van der Waals surface area contributed by atoms with Crippen LogP contribution in [-0.4, -0.2) is 16.2 Å². The second-order valence-corrected chi connectivity index (χ2v) is 5.31. The van der Waals surface area contributed by atoms with Crippen molar-refractivity contribution in [3.8, 4) is 11.4 Å². The van der Waals surface area contributed by atoms with Crippen molar-refractivity contribution in [1.29, 1.82) is 0 Å². The molecule has 0 bridgehead atoms. The van der Waals surface area contributed by atoms with Crippen molar-refractivity contribution in [2.45, 2.75) is 32.2 Å². The van der Waals surface area contributed by atoms with E-state index in [0.717, 1.165) is 6.42 Å². The molecule has 6 heteroatoms. The normalized spacial score (nSPS) is 14.4. The van der Waals surface area contributed by atoms with Gasteiger partial charge in [0.25, 0.3) is 0 Å². The van der Waals surface area contributed by atoms with E-state index in [1.807, 2.05) is 13.8 Å². The molecule has 2 aromatic rings. The van der Waals surface area contributed by atoms with Gasteiger partial charge in [0.15, 0.2) is 0 Å². The maximum Gasteiger partial charge on any atom is 0.231 e. The maximum absolute atomic E-state index is 13.0. The summed E-state index contributed by atoms with van der Waals surface area (Å²) in [5.41, 5.74) is 6.58. The molecule has 1 heterocycles. The fraction of sp³-hybridized carbons (Fsp3) is 0.385. The minimum absolute atomic E-state index is 0.0282. The van der Waals surface area contributed by atoms with Crippen LogP contribution in [0.1, 0.15) is 32.1 Å². The van der Waals surface area contributed by atoms with Gasteiger partial charge < -0.3 is 10.3 Å². The predicted molar refractivity (Wildman–Crippen MR) is 74.1 cm³/mol. The number of hydrogen-bond donors (Lipinski definition) is 1. The minimum Gasteiger partial charge on any atom is -0.339 e. The largest absolute Gasteiger partial charge is 0.339 e. The molecule has 0 fully saturated rings. The molecule has 0 saturated carbocycles. The lowest BCUT2D eigenvalue weighted by atomic mass is 9.99. The third-order valence-electron chi connectivity index (χ3n) is 3.01. The highest BCUT2D eigenvalue weighted by molar-refractivity contribution is 9.10. The summed E-state index contributed by atoms with van der Waals surface area (Å²) < 4.78 is 18.9. The second kappa shape index (κ2) is 5.79. The van der Waals surface area contributed by atoms with E-state index in [9.17, 15) is 4.39 Å². The topological polar surface area (TPSA) is 64.9 Å². The number of aromatic nitrogens is 2. The second-order valence-electron chi connectivity index (χ2n) is 4.45. The van der Waals surface area contributed by atoms with Crippen molar-refractivity contribution in [3.05, 3.63) is 34.4 Å². The lowest BCUT2D eigenvalue weighted by Gasteiger charge is -2.13. The summed E-state index contributed by atoms with van der Waals surface area (Å²) in [5, 5.41) is 3.93. The zero-order valence-electron chi connectivity index (χ0n) is 10.7. The van der Waals surface area contributed by atoms with Crippen LogP contribution < -0.4 is 5.73 Å². The van der Waals surface area contributed by atoms with Gasteiger partial charge in [-0.1, -0.05) is 12.1 Å². The SMILES string of the molecule is CCC(c1nc(-c2ccc(F)cc2Br)no1)C(C)N. The van der Waals surface area contributed by atoms with Crippen LogP contribution in [0, 0.1) is 5.82 Å². The van der Waals surface area contributed by atoms with Crippen LogP contribution in [0.4, 0.5) is 4.39 Å². The molecule has 0 aliphatic rings. The predicted octanol–water partition coefficient (Wildman–Crippen LogP) is 3.48. The summed E-state index contributed by atoms with van der Waals surface area (Å²) in [6, 6.07) is 4.28. The first-order valence-corrected chi connectivity index (χ1v) is 6.86. The van der Waals surface area contributed by atoms with Gasteiger partial charge in [0, 0.05) is 16.1 Å². The molecule has 2 unspecified atom stereocenters. The average Bonchev–Trinajstić information content (AvgIpc) is 2.78. The zero-order valence-corrected chi connectivity index (χ0v) is 12.3. The Bertz CT molecular complexity index is 571. The average molecular weight is 328 g/mol. The standard InChI is InChI=1S/C13H15BrFN3O/c1-3-9(7(2)16)13-17-12(18-19-13)10-5-4-8(15)6-11(10)14/h4-7,9H,3,16H2,1-2H3. The smallest absolute Gasteiger partial charge is 0.231 e. The van der Waals surface area contributed by atoms with Crippen LogP contribution in [0.3, 0.4) is 0 Å². The quantitative estimate of drug-likeness (QED) is 0.933. The summed E-state index contributed by atoms with van der Waals surface area (Å²) in [7, 11) is 0. The van der Waals surface area contributed by atoms with Crippen molar-refractivity contribution in [3.63, 3.8) is 0 Å². The van der Waals surface area contributed by atoms with E-state index < -0.39 is 0 Å². The lowest BCUT2D eigenvalue weighted by Crippen LogP contribution is -2.24. The highest BCUT2D eigenvalue weighted by Crippen LogP contribution is 2.29. The van der Waals surface area contributed by atoms with Crippen molar-refractivity contribution in [2.24, 2.45) is 5.73 Å². The van der Waals surface area contributed by atoms with Gasteiger partial charge in [-0.25, -0.2) is 4.39 Å². The maximum atomic E-state index is 13.0. The Balaban J connectivity index is 2.35. The first-order valence-electron chi connectivity index (χ1n) is 6.07. The van der Waals surface area contributed by atoms with Crippen molar-refractivity contribution < 1.29 is 8.91 Å². The molecule has 0 radical (unpaired) electrons. The molecule has 19 heavy (non-hydrogen) atoms. The van der Waals surface area contributed by atoms with Gasteiger partial charge >= 0.3 is 0 Å². The Kier molecular flexibility index (Phi) is 4.31. The zero-order chi connectivity index (χ0) is 14.0. The highest BCUT2D eigenvalue weighted by atomic mass is 79.9. The van der Waals surface area contributed by atoms with Crippen molar-refractivity contribution in [1.82, 2.24) is 10.1 Å². The van der Waals surface area contributed by atoms with E-state index in [1.54, 1.807) is 6.07 Å². The van der Waals surface area contributed by atoms with Crippen LogP contribution in [0.5, 0.6) is 0 Å². The third kappa shape index (κ3) is 3.01. The molecule has 4 nitrogen and oxygen atoms in total. The van der Waals surface area contributed by atoms with E-state index in [4.69, 9.17) is 10.3 Å². The number of hydrogen-bond acceptors (Lipinski definition) is 4. The Hall–Kier alpha value is -1.27. The van der Waals surface area contributed by atoms with Crippen LogP contribution in [0.25, 0.3) is 11.4 Å². The molecular weight excluding hydrogens is 313 g/mol. The minimum atomic E-state index is -0.318. The Morgan fingerprint density at radius 3 is 2.79 bits per heavy atom. The van der Waals surface area contributed by atoms with Crippen LogP contribution >= 0.6 is 15.9 Å². The highest BCUT2D eigenvalue weighted by Gasteiger charge is 2.22. The fourth-order valence-corrected chi connectivity index (χ4v) is 2.47. The van der Waals surface area contributed by atoms with Gasteiger partial charge in [-0.3, -0.25) is 0 Å². The van der Waals surface area contributed by atoms with Gasteiger partial charge in [-0.2, -0.15) is 4.98 Å². The van der Waals surface area contributed by atoms with Gasteiger partial charge in [0.05, 0.1) is 5.92 Å². The number of halogens is 2. The number of nitrogens with two attached hydrogens (primary N) is 1. The van der Waals surface area contributed by atoms with Crippen molar-refractivity contribution >= 4 is 15.9 Å². The third-order valence-corrected chi connectivity index (χ3v) is 3.66. The number of rotatable bonds is 4. The van der Waals surface area contributed by atoms with Crippen LogP contribution in [-0.2, 0) is 0 Å². The molecule has 1 aromatic carbocycles. The van der Waals surface area contributed by atoms with E-state index in [1.165, 1.54) is 12.1 Å². The fourth-order valence-electron chi connectivity index (χ4n) is 1.94. The summed E-state index contributed by atoms with van der Waals surface area (Å²) in [5.74, 6) is 0.659. The lowest BCUT2D eigenvalue weighted by molar-refractivity contribution is 0.334. The van der Waals surface area contributed by atoms with E-state index in [0.29, 0.717) is 21.8 Å². The van der Waals surface area contributed by atoms with Gasteiger partial charge in [-0.05, 0) is 47.5 Å². The molecule has 0 spiro atoms.